The summed E-state index contributed by atoms with van der Waals surface area (Å²) < 4.78 is 18.8. The van der Waals surface area contributed by atoms with Crippen molar-refractivity contribution in [2.45, 2.75) is 32.2 Å². The molecular weight excluding hydrogens is 407 g/mol. The van der Waals surface area contributed by atoms with Gasteiger partial charge in [-0.05, 0) is 55.0 Å². The molecule has 3 rings (SSSR count). The Hall–Kier alpha value is -2.60. The van der Waals surface area contributed by atoms with Gasteiger partial charge in [-0.2, -0.15) is 0 Å². The monoisotopic (exact) mass is 432 g/mol. The van der Waals surface area contributed by atoms with Crippen molar-refractivity contribution in [1.82, 2.24) is 10.2 Å². The van der Waals surface area contributed by atoms with Gasteiger partial charge in [-0.15, -0.1) is 0 Å². The van der Waals surface area contributed by atoms with Gasteiger partial charge in [0.2, 0.25) is 5.91 Å². The molecule has 1 heterocycles. The van der Waals surface area contributed by atoms with Gasteiger partial charge in [-0.1, -0.05) is 29.8 Å². The standard InChI is InChI=1S/C23H26ClFN2O3/c1-30-21-10-9-17(13-20(21)25)23(29)27-12-4-5-16(15-27)8-11-22(28)26-14-18-6-2-3-7-19(18)24/h2-3,6-7,9-10,13,16H,4-5,8,11-12,14-15H2,1H3,(H,26,28)/t16-/m0/s1. The highest BCUT2D eigenvalue weighted by molar-refractivity contribution is 6.31. The Kier molecular flexibility index (Phi) is 7.69. The van der Waals surface area contributed by atoms with Crippen molar-refractivity contribution in [3.8, 4) is 5.75 Å². The maximum Gasteiger partial charge on any atom is 0.253 e. The molecule has 160 valence electrons. The lowest BCUT2D eigenvalue weighted by Gasteiger charge is -2.33. The summed E-state index contributed by atoms with van der Waals surface area (Å²) in [6.45, 7) is 1.61. The molecule has 0 saturated carbocycles. The highest BCUT2D eigenvalue weighted by Gasteiger charge is 2.25. The molecular formula is C23H26ClFN2O3. The molecule has 1 fully saturated rings. The van der Waals surface area contributed by atoms with Gasteiger partial charge >= 0.3 is 0 Å². The number of carbonyl (C=O) groups excluding carboxylic acids is 2. The molecule has 1 saturated heterocycles. The Bertz CT molecular complexity index is 906. The summed E-state index contributed by atoms with van der Waals surface area (Å²) in [5, 5.41) is 3.53. The topological polar surface area (TPSA) is 58.6 Å². The first kappa shape index (κ1) is 22.1. The van der Waals surface area contributed by atoms with E-state index < -0.39 is 5.82 Å². The molecule has 0 radical (unpaired) electrons. The number of benzene rings is 2. The first-order valence-electron chi connectivity index (χ1n) is 10.1. The first-order valence-corrected chi connectivity index (χ1v) is 10.5. The van der Waals surface area contributed by atoms with E-state index in [9.17, 15) is 14.0 Å². The van der Waals surface area contributed by atoms with Crippen molar-refractivity contribution in [3.63, 3.8) is 0 Å². The van der Waals surface area contributed by atoms with E-state index in [-0.39, 0.29) is 23.5 Å². The molecule has 0 aromatic heterocycles. The van der Waals surface area contributed by atoms with E-state index in [1.54, 1.807) is 17.0 Å². The van der Waals surface area contributed by atoms with Crippen LogP contribution in [0.1, 0.15) is 41.6 Å². The molecule has 0 spiro atoms. The van der Waals surface area contributed by atoms with Gasteiger partial charge in [0.05, 0.1) is 7.11 Å². The molecule has 2 aromatic carbocycles. The van der Waals surface area contributed by atoms with Gasteiger partial charge in [0.1, 0.15) is 0 Å². The molecule has 1 N–H and O–H groups in total. The lowest BCUT2D eigenvalue weighted by Crippen LogP contribution is -2.40. The Balaban J connectivity index is 1.48. The summed E-state index contributed by atoms with van der Waals surface area (Å²) in [4.78, 5) is 26.7. The number of rotatable bonds is 7. The van der Waals surface area contributed by atoms with E-state index in [0.29, 0.717) is 43.1 Å². The number of carbonyl (C=O) groups is 2. The maximum absolute atomic E-state index is 13.9. The number of likely N-dealkylation sites (tertiary alicyclic amines) is 1. The van der Waals surface area contributed by atoms with Crippen LogP contribution in [0.4, 0.5) is 4.39 Å². The zero-order chi connectivity index (χ0) is 21.5. The molecule has 0 bridgehead atoms. The van der Waals surface area contributed by atoms with Gasteiger partial charge in [0, 0.05) is 36.6 Å². The zero-order valence-corrected chi connectivity index (χ0v) is 17.8. The van der Waals surface area contributed by atoms with Crippen molar-refractivity contribution in [2.75, 3.05) is 20.2 Å². The molecule has 1 atom stereocenters. The number of ether oxygens (including phenoxy) is 1. The minimum Gasteiger partial charge on any atom is -0.494 e. The van der Waals surface area contributed by atoms with Gasteiger partial charge in [-0.3, -0.25) is 9.59 Å². The third-order valence-corrected chi connectivity index (χ3v) is 5.79. The van der Waals surface area contributed by atoms with E-state index in [1.165, 1.54) is 19.2 Å². The van der Waals surface area contributed by atoms with E-state index in [1.807, 2.05) is 18.2 Å². The van der Waals surface area contributed by atoms with Crippen molar-refractivity contribution in [1.29, 1.82) is 0 Å². The fraction of sp³-hybridized carbons (Fsp3) is 0.391. The van der Waals surface area contributed by atoms with E-state index >= 15 is 0 Å². The van der Waals surface area contributed by atoms with Crippen molar-refractivity contribution >= 4 is 23.4 Å². The van der Waals surface area contributed by atoms with Crippen LogP contribution in [0.5, 0.6) is 5.75 Å². The number of halogens is 2. The Morgan fingerprint density at radius 1 is 1.27 bits per heavy atom. The van der Waals surface area contributed by atoms with E-state index in [0.717, 1.165) is 18.4 Å². The van der Waals surface area contributed by atoms with Crippen LogP contribution in [-0.2, 0) is 11.3 Å². The zero-order valence-electron chi connectivity index (χ0n) is 17.0. The summed E-state index contributed by atoms with van der Waals surface area (Å²) in [5.74, 6) is -0.408. The molecule has 0 unspecified atom stereocenters. The van der Waals surface area contributed by atoms with Crippen LogP contribution < -0.4 is 10.1 Å². The van der Waals surface area contributed by atoms with Crippen LogP contribution in [0.3, 0.4) is 0 Å². The molecule has 1 aliphatic heterocycles. The summed E-state index contributed by atoms with van der Waals surface area (Å²) >= 11 is 6.11. The van der Waals surface area contributed by atoms with Crippen molar-refractivity contribution in [3.05, 3.63) is 64.4 Å². The second-order valence-corrected chi connectivity index (χ2v) is 7.92. The molecule has 0 aliphatic carbocycles. The Morgan fingerprint density at radius 3 is 2.80 bits per heavy atom. The van der Waals surface area contributed by atoms with Crippen LogP contribution in [0.25, 0.3) is 0 Å². The van der Waals surface area contributed by atoms with E-state index in [4.69, 9.17) is 16.3 Å². The summed E-state index contributed by atoms with van der Waals surface area (Å²) in [7, 11) is 1.39. The Labute approximate surface area is 181 Å². The highest BCUT2D eigenvalue weighted by atomic mass is 35.5. The fourth-order valence-corrected chi connectivity index (χ4v) is 3.93. The molecule has 1 aliphatic rings. The lowest BCUT2D eigenvalue weighted by atomic mass is 9.92. The number of hydrogen-bond acceptors (Lipinski definition) is 3. The molecule has 2 amide bonds. The molecule has 2 aromatic rings. The number of hydrogen-bond donors (Lipinski definition) is 1. The predicted octanol–water partition coefficient (Wildman–Crippen LogP) is 4.44. The smallest absolute Gasteiger partial charge is 0.253 e. The van der Waals surface area contributed by atoms with Crippen LogP contribution in [0.15, 0.2) is 42.5 Å². The fourth-order valence-electron chi connectivity index (χ4n) is 3.73. The normalized spacial score (nSPS) is 16.2. The number of nitrogens with zero attached hydrogens (tertiary/aromatic N) is 1. The van der Waals surface area contributed by atoms with Gasteiger partial charge in [-0.25, -0.2) is 4.39 Å². The average Bonchev–Trinajstić information content (AvgIpc) is 2.76. The SMILES string of the molecule is COc1ccc(C(=O)N2CCC[C@@H](CCC(=O)NCc3ccccc3Cl)C2)cc1F. The molecule has 5 nitrogen and oxygen atoms in total. The molecule has 30 heavy (non-hydrogen) atoms. The second-order valence-electron chi connectivity index (χ2n) is 7.52. The molecule has 7 heteroatoms. The van der Waals surface area contributed by atoms with E-state index in [2.05, 4.69) is 5.32 Å². The first-order chi connectivity index (χ1) is 14.5. The third-order valence-electron chi connectivity index (χ3n) is 5.42. The summed E-state index contributed by atoms with van der Waals surface area (Å²) in [5.41, 5.74) is 1.19. The van der Waals surface area contributed by atoms with Crippen LogP contribution >= 0.6 is 11.6 Å². The number of methoxy groups -OCH3 is 1. The summed E-state index contributed by atoms with van der Waals surface area (Å²) in [6.07, 6.45) is 2.94. The highest BCUT2D eigenvalue weighted by Crippen LogP contribution is 2.24. The van der Waals surface area contributed by atoms with Gasteiger partial charge in [0.25, 0.3) is 5.91 Å². The second kappa shape index (κ2) is 10.4. The minimum absolute atomic E-state index is 0.0319. The number of piperidine rings is 1. The van der Waals surface area contributed by atoms with Crippen molar-refractivity contribution < 1.29 is 18.7 Å². The third kappa shape index (κ3) is 5.72. The Morgan fingerprint density at radius 2 is 2.07 bits per heavy atom. The predicted molar refractivity (Wildman–Crippen MR) is 114 cm³/mol. The minimum atomic E-state index is -0.549. The maximum atomic E-state index is 13.9. The van der Waals surface area contributed by atoms with Crippen molar-refractivity contribution in [2.24, 2.45) is 5.92 Å². The van der Waals surface area contributed by atoms with Gasteiger partial charge in [0.15, 0.2) is 11.6 Å². The van der Waals surface area contributed by atoms with Crippen LogP contribution in [-0.4, -0.2) is 36.9 Å². The van der Waals surface area contributed by atoms with Crippen LogP contribution in [0, 0.1) is 11.7 Å². The quantitative estimate of drug-likeness (QED) is 0.703. The number of nitrogens with one attached hydrogen (secondary N) is 1. The number of amides is 2. The lowest BCUT2D eigenvalue weighted by molar-refractivity contribution is -0.121. The average molecular weight is 433 g/mol. The van der Waals surface area contributed by atoms with Crippen LogP contribution in [0.2, 0.25) is 5.02 Å². The van der Waals surface area contributed by atoms with Gasteiger partial charge < -0.3 is 15.0 Å². The largest absolute Gasteiger partial charge is 0.494 e. The summed E-state index contributed by atoms with van der Waals surface area (Å²) in [6, 6.07) is 11.7.